The molecule has 3 rings (SSSR count). The fraction of sp³-hybridized carbons (Fsp3) is 0.429. The molecule has 1 aromatic heterocycles. The molecule has 1 aromatic carbocycles. The number of anilines is 1. The first-order valence-electron chi connectivity index (χ1n) is 6.75. The molecular formula is C14H18FN5. The summed E-state index contributed by atoms with van der Waals surface area (Å²) in [7, 11) is 2.11. The zero-order chi connectivity index (χ0) is 14.1. The number of nitrogens with zero attached hydrogens (tertiary/aromatic N) is 4. The second-order valence-electron chi connectivity index (χ2n) is 5.37. The number of nitrogens with one attached hydrogen (secondary N) is 1. The van der Waals surface area contributed by atoms with Gasteiger partial charge in [-0.2, -0.15) is 5.10 Å². The van der Waals surface area contributed by atoms with Crippen LogP contribution in [0, 0.1) is 5.82 Å². The van der Waals surface area contributed by atoms with Gasteiger partial charge in [-0.05, 0) is 38.6 Å². The summed E-state index contributed by atoms with van der Waals surface area (Å²) in [5.74, 6) is -0.306. The SMILES string of the molecule is CC1CC(Nc2ccc(-n3cncn3)c(F)c2)CN1C. The maximum absolute atomic E-state index is 14.1. The van der Waals surface area contributed by atoms with E-state index in [0.29, 0.717) is 17.8 Å². The Morgan fingerprint density at radius 2 is 2.25 bits per heavy atom. The minimum atomic E-state index is -0.306. The zero-order valence-corrected chi connectivity index (χ0v) is 11.6. The predicted molar refractivity (Wildman–Crippen MR) is 75.4 cm³/mol. The molecule has 0 saturated carbocycles. The Bertz CT molecular complexity index is 573. The Morgan fingerprint density at radius 1 is 1.40 bits per heavy atom. The molecule has 0 amide bonds. The maximum Gasteiger partial charge on any atom is 0.150 e. The van der Waals surface area contributed by atoms with Gasteiger partial charge in [-0.1, -0.05) is 0 Å². The highest BCUT2D eigenvalue weighted by Gasteiger charge is 2.25. The Morgan fingerprint density at radius 3 is 2.85 bits per heavy atom. The van der Waals surface area contributed by atoms with Gasteiger partial charge in [0.2, 0.25) is 0 Å². The number of halogens is 1. The lowest BCUT2D eigenvalue weighted by atomic mass is 10.2. The number of hydrogen-bond acceptors (Lipinski definition) is 4. The molecule has 1 aliphatic heterocycles. The van der Waals surface area contributed by atoms with Crippen LogP contribution in [-0.4, -0.2) is 45.3 Å². The lowest BCUT2D eigenvalue weighted by Gasteiger charge is -2.15. The summed E-state index contributed by atoms with van der Waals surface area (Å²) < 4.78 is 15.5. The molecule has 2 aromatic rings. The van der Waals surface area contributed by atoms with Gasteiger partial charge < -0.3 is 10.2 Å². The quantitative estimate of drug-likeness (QED) is 0.929. The van der Waals surface area contributed by atoms with Gasteiger partial charge in [-0.3, -0.25) is 0 Å². The highest BCUT2D eigenvalue weighted by molar-refractivity contribution is 5.50. The van der Waals surface area contributed by atoms with Crippen LogP contribution in [0.2, 0.25) is 0 Å². The van der Waals surface area contributed by atoms with E-state index in [0.717, 1.165) is 18.7 Å². The first-order valence-corrected chi connectivity index (χ1v) is 6.75. The van der Waals surface area contributed by atoms with Crippen molar-refractivity contribution in [3.05, 3.63) is 36.7 Å². The van der Waals surface area contributed by atoms with Crippen molar-refractivity contribution in [1.29, 1.82) is 0 Å². The van der Waals surface area contributed by atoms with Gasteiger partial charge in [0.05, 0.1) is 0 Å². The van der Waals surface area contributed by atoms with Crippen LogP contribution >= 0.6 is 0 Å². The van der Waals surface area contributed by atoms with E-state index in [1.54, 1.807) is 6.07 Å². The largest absolute Gasteiger partial charge is 0.381 e. The van der Waals surface area contributed by atoms with Gasteiger partial charge in [0.25, 0.3) is 0 Å². The minimum absolute atomic E-state index is 0.306. The maximum atomic E-state index is 14.1. The van der Waals surface area contributed by atoms with Crippen LogP contribution in [0.5, 0.6) is 0 Å². The Kier molecular flexibility index (Phi) is 3.40. The van der Waals surface area contributed by atoms with Crippen molar-refractivity contribution in [1.82, 2.24) is 19.7 Å². The molecule has 0 aliphatic carbocycles. The molecule has 0 radical (unpaired) electrons. The summed E-state index contributed by atoms with van der Waals surface area (Å²) in [6.45, 7) is 3.18. The third kappa shape index (κ3) is 2.51. The average molecular weight is 275 g/mol. The van der Waals surface area contributed by atoms with E-state index in [9.17, 15) is 4.39 Å². The molecule has 1 aliphatic rings. The zero-order valence-electron chi connectivity index (χ0n) is 11.6. The number of aromatic nitrogens is 3. The van der Waals surface area contributed by atoms with Gasteiger partial charge in [-0.25, -0.2) is 14.1 Å². The predicted octanol–water partition coefficient (Wildman–Crippen LogP) is 1.91. The smallest absolute Gasteiger partial charge is 0.150 e. The molecule has 1 saturated heterocycles. The topological polar surface area (TPSA) is 46.0 Å². The Hall–Kier alpha value is -1.95. The Labute approximate surface area is 117 Å². The third-order valence-electron chi connectivity index (χ3n) is 3.87. The lowest BCUT2D eigenvalue weighted by Crippen LogP contribution is -2.24. The van der Waals surface area contributed by atoms with E-state index < -0.39 is 0 Å². The van der Waals surface area contributed by atoms with E-state index in [1.807, 2.05) is 6.07 Å². The lowest BCUT2D eigenvalue weighted by molar-refractivity contribution is 0.330. The van der Waals surface area contributed by atoms with Gasteiger partial charge in [0.1, 0.15) is 18.3 Å². The highest BCUT2D eigenvalue weighted by Crippen LogP contribution is 2.22. The van der Waals surface area contributed by atoms with Gasteiger partial charge in [-0.15, -0.1) is 0 Å². The summed E-state index contributed by atoms with van der Waals surface area (Å²) in [6, 6.07) is 6.04. The van der Waals surface area contributed by atoms with Crippen LogP contribution in [0.4, 0.5) is 10.1 Å². The number of benzene rings is 1. The molecule has 1 N–H and O–H groups in total. The Balaban J connectivity index is 1.74. The van der Waals surface area contributed by atoms with Gasteiger partial charge >= 0.3 is 0 Å². The number of likely N-dealkylation sites (N-methyl/N-ethyl adjacent to an activating group) is 1. The molecule has 0 spiro atoms. The van der Waals surface area contributed by atoms with Crippen molar-refractivity contribution in [2.24, 2.45) is 0 Å². The van der Waals surface area contributed by atoms with Crippen LogP contribution < -0.4 is 5.32 Å². The van der Waals surface area contributed by atoms with Crippen molar-refractivity contribution in [2.45, 2.75) is 25.4 Å². The van der Waals surface area contributed by atoms with Crippen molar-refractivity contribution in [2.75, 3.05) is 18.9 Å². The van der Waals surface area contributed by atoms with Crippen molar-refractivity contribution in [3.8, 4) is 5.69 Å². The number of hydrogen-bond donors (Lipinski definition) is 1. The standard InChI is InChI=1S/C14H18FN5/c1-10-5-12(7-19(10)2)18-11-3-4-14(13(15)6-11)20-9-16-8-17-20/h3-4,6,8-10,12,18H,5,7H2,1-2H3. The van der Waals surface area contributed by atoms with Crippen molar-refractivity contribution < 1.29 is 4.39 Å². The normalized spacial score (nSPS) is 23.1. The fourth-order valence-electron chi connectivity index (χ4n) is 2.65. The third-order valence-corrected chi connectivity index (χ3v) is 3.87. The molecular weight excluding hydrogens is 257 g/mol. The molecule has 0 bridgehead atoms. The molecule has 6 heteroatoms. The summed E-state index contributed by atoms with van der Waals surface area (Å²) in [4.78, 5) is 6.13. The van der Waals surface area contributed by atoms with E-state index in [-0.39, 0.29) is 5.82 Å². The summed E-state index contributed by atoms with van der Waals surface area (Å²) in [5.41, 5.74) is 1.21. The number of likely N-dealkylation sites (tertiary alicyclic amines) is 1. The van der Waals surface area contributed by atoms with E-state index in [1.165, 1.54) is 23.4 Å². The molecule has 106 valence electrons. The van der Waals surface area contributed by atoms with Crippen molar-refractivity contribution in [3.63, 3.8) is 0 Å². The van der Waals surface area contributed by atoms with Crippen LogP contribution in [0.3, 0.4) is 0 Å². The van der Waals surface area contributed by atoms with Gasteiger partial charge in [0, 0.05) is 24.3 Å². The fourth-order valence-corrected chi connectivity index (χ4v) is 2.65. The van der Waals surface area contributed by atoms with E-state index >= 15 is 0 Å². The molecule has 2 heterocycles. The monoisotopic (exact) mass is 275 g/mol. The van der Waals surface area contributed by atoms with E-state index in [4.69, 9.17) is 0 Å². The van der Waals surface area contributed by atoms with Crippen LogP contribution in [0.1, 0.15) is 13.3 Å². The number of rotatable bonds is 3. The first kappa shape index (κ1) is 13.1. The first-order chi connectivity index (χ1) is 9.63. The van der Waals surface area contributed by atoms with Crippen LogP contribution in [-0.2, 0) is 0 Å². The van der Waals surface area contributed by atoms with Crippen molar-refractivity contribution >= 4 is 5.69 Å². The highest BCUT2D eigenvalue weighted by atomic mass is 19.1. The second-order valence-corrected chi connectivity index (χ2v) is 5.37. The minimum Gasteiger partial charge on any atom is -0.381 e. The summed E-state index contributed by atoms with van der Waals surface area (Å²) in [6.07, 6.45) is 3.95. The van der Waals surface area contributed by atoms with Crippen LogP contribution in [0.25, 0.3) is 5.69 Å². The molecule has 2 atom stereocenters. The van der Waals surface area contributed by atoms with Crippen LogP contribution in [0.15, 0.2) is 30.9 Å². The van der Waals surface area contributed by atoms with Gasteiger partial charge in [0.15, 0.2) is 5.82 Å². The average Bonchev–Trinajstić information content (AvgIpc) is 3.01. The summed E-state index contributed by atoms with van der Waals surface area (Å²) >= 11 is 0. The van der Waals surface area contributed by atoms with E-state index in [2.05, 4.69) is 34.3 Å². The molecule has 20 heavy (non-hydrogen) atoms. The molecule has 1 fully saturated rings. The molecule has 2 unspecified atom stereocenters. The molecule has 5 nitrogen and oxygen atoms in total. The summed E-state index contributed by atoms with van der Waals surface area (Å²) in [5, 5.41) is 7.33. The second kappa shape index (κ2) is 5.20.